The molecule has 8 heteroatoms. The van der Waals surface area contributed by atoms with E-state index in [0.717, 1.165) is 15.7 Å². The molecule has 0 fully saturated rings. The molecule has 0 bridgehead atoms. The van der Waals surface area contributed by atoms with Gasteiger partial charge in [0.1, 0.15) is 0 Å². The van der Waals surface area contributed by atoms with Gasteiger partial charge in [-0.05, 0) is 35.9 Å². The maximum absolute atomic E-state index is 12.7. The minimum absolute atomic E-state index is 0.0120. The van der Waals surface area contributed by atoms with Gasteiger partial charge in [-0.1, -0.05) is 64.1 Å². The maximum Gasteiger partial charge on any atom is 0.233 e. The Bertz CT molecular complexity index is 1130. The summed E-state index contributed by atoms with van der Waals surface area (Å²) < 4.78 is 8.42. The number of carbonyl (C=O) groups excluding carboxylic acids is 1. The molecule has 0 N–H and O–H groups in total. The number of rotatable bonds is 7. The fraction of sp³-hybridized carbons (Fsp3) is 0.136. The smallest absolute Gasteiger partial charge is 0.233 e. The third-order valence-electron chi connectivity index (χ3n) is 4.51. The number of furan rings is 1. The molecule has 0 aliphatic heterocycles. The molecule has 6 nitrogen and oxygen atoms in total. The van der Waals surface area contributed by atoms with Gasteiger partial charge in [-0.2, -0.15) is 0 Å². The van der Waals surface area contributed by atoms with E-state index in [1.807, 2.05) is 71.3 Å². The van der Waals surface area contributed by atoms with Gasteiger partial charge in [0, 0.05) is 23.8 Å². The van der Waals surface area contributed by atoms with Crippen LogP contribution in [0, 0.1) is 0 Å². The fourth-order valence-electron chi connectivity index (χ4n) is 2.95. The standard InChI is InChI=1S/C22H19BrN4O2S/c1-26(14-16-8-5-6-11-18(16)23)20(28)15-30-22-25-24-21(19-12-7-13-29-19)27(22)17-9-3-2-4-10-17/h2-13H,14-15H2,1H3. The van der Waals surface area contributed by atoms with Crippen LogP contribution >= 0.6 is 27.7 Å². The first-order valence-electron chi connectivity index (χ1n) is 9.28. The number of carbonyl (C=O) groups is 1. The quantitative estimate of drug-likeness (QED) is 0.345. The highest BCUT2D eigenvalue weighted by atomic mass is 79.9. The van der Waals surface area contributed by atoms with Crippen molar-refractivity contribution in [2.24, 2.45) is 0 Å². The predicted molar refractivity (Wildman–Crippen MR) is 120 cm³/mol. The lowest BCUT2D eigenvalue weighted by Gasteiger charge is -2.18. The highest BCUT2D eigenvalue weighted by Gasteiger charge is 2.20. The summed E-state index contributed by atoms with van der Waals surface area (Å²) >= 11 is 4.89. The van der Waals surface area contributed by atoms with E-state index in [9.17, 15) is 4.79 Å². The molecule has 0 aliphatic rings. The van der Waals surface area contributed by atoms with E-state index in [2.05, 4.69) is 26.1 Å². The zero-order valence-electron chi connectivity index (χ0n) is 16.2. The third kappa shape index (κ3) is 4.49. The lowest BCUT2D eigenvalue weighted by atomic mass is 10.2. The number of halogens is 1. The zero-order chi connectivity index (χ0) is 20.9. The van der Waals surface area contributed by atoms with Gasteiger partial charge in [-0.15, -0.1) is 10.2 Å². The molecule has 0 atom stereocenters. The second kappa shape index (κ2) is 9.32. The Kier molecular flexibility index (Phi) is 6.35. The number of benzene rings is 2. The van der Waals surface area contributed by atoms with Crippen LogP contribution in [0.25, 0.3) is 17.3 Å². The van der Waals surface area contributed by atoms with E-state index >= 15 is 0 Å². The molecule has 0 aliphatic carbocycles. The molecular weight excluding hydrogens is 464 g/mol. The highest BCUT2D eigenvalue weighted by Crippen LogP contribution is 2.28. The van der Waals surface area contributed by atoms with Crippen molar-refractivity contribution in [3.05, 3.63) is 83.0 Å². The van der Waals surface area contributed by atoms with Crippen molar-refractivity contribution in [1.82, 2.24) is 19.7 Å². The molecular formula is C22H19BrN4O2S. The topological polar surface area (TPSA) is 64.2 Å². The predicted octanol–water partition coefficient (Wildman–Crippen LogP) is 5.04. The Hall–Kier alpha value is -2.84. The SMILES string of the molecule is CN(Cc1ccccc1Br)C(=O)CSc1nnc(-c2ccco2)n1-c1ccccc1. The molecule has 0 saturated heterocycles. The molecule has 1 amide bonds. The average molecular weight is 483 g/mol. The van der Waals surface area contributed by atoms with Crippen LogP contribution < -0.4 is 0 Å². The summed E-state index contributed by atoms with van der Waals surface area (Å²) in [5, 5.41) is 9.25. The molecule has 0 spiro atoms. The molecule has 4 aromatic rings. The lowest BCUT2D eigenvalue weighted by Crippen LogP contribution is -2.28. The third-order valence-corrected chi connectivity index (χ3v) is 6.19. The largest absolute Gasteiger partial charge is 0.461 e. The van der Waals surface area contributed by atoms with Gasteiger partial charge in [0.2, 0.25) is 11.7 Å². The van der Waals surface area contributed by atoms with Gasteiger partial charge in [-0.3, -0.25) is 9.36 Å². The van der Waals surface area contributed by atoms with E-state index in [-0.39, 0.29) is 11.7 Å². The van der Waals surface area contributed by atoms with Crippen molar-refractivity contribution < 1.29 is 9.21 Å². The van der Waals surface area contributed by atoms with Crippen molar-refractivity contribution in [2.75, 3.05) is 12.8 Å². The molecule has 152 valence electrons. The van der Waals surface area contributed by atoms with Crippen LogP contribution in [-0.2, 0) is 11.3 Å². The second-order valence-electron chi connectivity index (χ2n) is 6.58. The van der Waals surface area contributed by atoms with E-state index in [1.165, 1.54) is 11.8 Å². The van der Waals surface area contributed by atoms with Gasteiger partial charge in [0.05, 0.1) is 12.0 Å². The zero-order valence-corrected chi connectivity index (χ0v) is 18.6. The van der Waals surface area contributed by atoms with Gasteiger partial charge < -0.3 is 9.32 Å². The van der Waals surface area contributed by atoms with Crippen LogP contribution in [0.1, 0.15) is 5.56 Å². The number of nitrogens with zero attached hydrogens (tertiary/aromatic N) is 4. The summed E-state index contributed by atoms with van der Waals surface area (Å²) in [6.45, 7) is 0.532. The maximum atomic E-state index is 12.7. The average Bonchev–Trinajstić information content (AvgIpc) is 3.44. The van der Waals surface area contributed by atoms with E-state index in [1.54, 1.807) is 18.2 Å². The molecule has 2 aromatic heterocycles. The van der Waals surface area contributed by atoms with Crippen molar-refractivity contribution in [3.8, 4) is 17.3 Å². The van der Waals surface area contributed by atoms with Gasteiger partial charge in [0.25, 0.3) is 0 Å². The van der Waals surface area contributed by atoms with Crippen LogP contribution in [0.2, 0.25) is 0 Å². The molecule has 2 heterocycles. The monoisotopic (exact) mass is 482 g/mol. The fourth-order valence-corrected chi connectivity index (χ4v) is 4.25. The van der Waals surface area contributed by atoms with Gasteiger partial charge >= 0.3 is 0 Å². The Balaban J connectivity index is 1.52. The summed E-state index contributed by atoms with van der Waals surface area (Å²) in [6, 6.07) is 21.3. The summed E-state index contributed by atoms with van der Waals surface area (Å²) in [4.78, 5) is 14.4. The minimum atomic E-state index is 0.0120. The summed E-state index contributed by atoms with van der Waals surface area (Å²) in [6.07, 6.45) is 1.60. The Morgan fingerprint density at radius 1 is 1.07 bits per heavy atom. The number of hydrogen-bond acceptors (Lipinski definition) is 5. The Morgan fingerprint density at radius 2 is 1.83 bits per heavy atom. The van der Waals surface area contributed by atoms with Crippen molar-refractivity contribution in [3.63, 3.8) is 0 Å². The van der Waals surface area contributed by atoms with E-state index in [0.29, 0.717) is 23.3 Å². The Labute approximate surface area is 187 Å². The molecule has 0 radical (unpaired) electrons. The number of aromatic nitrogens is 3. The van der Waals surface area contributed by atoms with E-state index < -0.39 is 0 Å². The highest BCUT2D eigenvalue weighted by molar-refractivity contribution is 9.10. The first-order valence-corrected chi connectivity index (χ1v) is 11.1. The second-order valence-corrected chi connectivity index (χ2v) is 8.38. The van der Waals surface area contributed by atoms with Gasteiger partial charge in [-0.25, -0.2) is 0 Å². The molecule has 0 saturated carbocycles. The van der Waals surface area contributed by atoms with Crippen LogP contribution in [0.4, 0.5) is 0 Å². The van der Waals surface area contributed by atoms with Crippen molar-refractivity contribution >= 4 is 33.6 Å². The van der Waals surface area contributed by atoms with Crippen LogP contribution in [0.3, 0.4) is 0 Å². The molecule has 30 heavy (non-hydrogen) atoms. The number of thioether (sulfide) groups is 1. The minimum Gasteiger partial charge on any atom is -0.461 e. The first-order chi connectivity index (χ1) is 14.6. The van der Waals surface area contributed by atoms with Crippen LogP contribution in [0.15, 0.2) is 87.0 Å². The normalized spacial score (nSPS) is 10.9. The molecule has 0 unspecified atom stereocenters. The summed E-state index contributed by atoms with van der Waals surface area (Å²) in [5.41, 5.74) is 1.97. The lowest BCUT2D eigenvalue weighted by molar-refractivity contribution is -0.127. The van der Waals surface area contributed by atoms with Crippen LogP contribution in [0.5, 0.6) is 0 Å². The number of amides is 1. The summed E-state index contributed by atoms with van der Waals surface area (Å²) in [5.74, 6) is 1.49. The van der Waals surface area contributed by atoms with Crippen molar-refractivity contribution in [2.45, 2.75) is 11.7 Å². The Morgan fingerprint density at radius 3 is 2.57 bits per heavy atom. The molecule has 2 aromatic carbocycles. The van der Waals surface area contributed by atoms with E-state index in [4.69, 9.17) is 4.42 Å². The number of hydrogen-bond donors (Lipinski definition) is 0. The van der Waals surface area contributed by atoms with Gasteiger partial charge in [0.15, 0.2) is 10.9 Å². The van der Waals surface area contributed by atoms with Crippen molar-refractivity contribution in [1.29, 1.82) is 0 Å². The number of para-hydroxylation sites is 1. The summed E-state index contributed by atoms with van der Waals surface area (Å²) in [7, 11) is 1.80. The van der Waals surface area contributed by atoms with Crippen LogP contribution in [-0.4, -0.2) is 38.4 Å². The first kappa shape index (κ1) is 20.4. The molecule has 4 rings (SSSR count).